The Bertz CT molecular complexity index is 1010. The summed E-state index contributed by atoms with van der Waals surface area (Å²) < 4.78 is 50.5. The third kappa shape index (κ3) is 3.10. The molecule has 4 heteroatoms. The Hall–Kier alpha value is -2.33. The van der Waals surface area contributed by atoms with Crippen LogP contribution in [-0.2, 0) is 17.6 Å². The molecule has 2 unspecified atom stereocenters. The highest BCUT2D eigenvalue weighted by atomic mass is 19.2. The number of hydrogen-bond donors (Lipinski definition) is 0. The molecule has 0 fully saturated rings. The molecule has 4 rings (SSSR count). The van der Waals surface area contributed by atoms with Crippen LogP contribution >= 0.6 is 0 Å². The summed E-state index contributed by atoms with van der Waals surface area (Å²) in [4.78, 5) is 0. The molecule has 3 aromatic rings. The third-order valence-corrected chi connectivity index (χ3v) is 5.52. The summed E-state index contributed by atoms with van der Waals surface area (Å²) in [7, 11) is 0. The molecule has 0 amide bonds. The summed E-state index contributed by atoms with van der Waals surface area (Å²) in [5.74, 6) is -1.92. The van der Waals surface area contributed by atoms with Gasteiger partial charge in [-0.25, -0.2) is 13.2 Å². The molecule has 0 aliphatic heterocycles. The zero-order valence-electron chi connectivity index (χ0n) is 16.1. The maximum absolute atomic E-state index is 15.1. The standard InChI is InChI=1S/C24H23F3O/c1-3-5-14-6-8-15(9-7-14)18-12-16-10-11-17-13-19(28-4-2)23(26)20(17)21(16)24(27)22(18)25/h6-12,19,23H,3-5,13H2,1-2H3. The first-order valence-corrected chi connectivity index (χ1v) is 9.83. The number of alkyl halides is 1. The van der Waals surface area contributed by atoms with Crippen LogP contribution in [0, 0.1) is 11.6 Å². The molecule has 0 bridgehead atoms. The van der Waals surface area contributed by atoms with Crippen LogP contribution in [-0.4, -0.2) is 12.7 Å². The fraction of sp³-hybridized carbons (Fsp3) is 0.333. The largest absolute Gasteiger partial charge is 0.375 e. The first-order valence-electron chi connectivity index (χ1n) is 9.83. The lowest BCUT2D eigenvalue weighted by atomic mass is 9.94. The van der Waals surface area contributed by atoms with Crippen LogP contribution < -0.4 is 0 Å². The van der Waals surface area contributed by atoms with Gasteiger partial charge in [0.05, 0.1) is 6.10 Å². The number of rotatable bonds is 5. The van der Waals surface area contributed by atoms with Crippen LogP contribution in [0.2, 0.25) is 0 Å². The number of halogens is 3. The minimum absolute atomic E-state index is 0.0380. The summed E-state index contributed by atoms with van der Waals surface area (Å²) in [6, 6.07) is 12.7. The summed E-state index contributed by atoms with van der Waals surface area (Å²) >= 11 is 0. The highest BCUT2D eigenvalue weighted by Gasteiger charge is 2.36. The van der Waals surface area contributed by atoms with E-state index in [9.17, 15) is 8.78 Å². The van der Waals surface area contributed by atoms with Gasteiger partial charge >= 0.3 is 0 Å². The van der Waals surface area contributed by atoms with E-state index in [2.05, 4.69) is 6.92 Å². The molecule has 1 aliphatic carbocycles. The highest BCUT2D eigenvalue weighted by molar-refractivity contribution is 5.92. The van der Waals surface area contributed by atoms with Crippen LogP contribution in [0.4, 0.5) is 13.2 Å². The third-order valence-electron chi connectivity index (χ3n) is 5.52. The van der Waals surface area contributed by atoms with Gasteiger partial charge in [-0.15, -0.1) is 0 Å². The summed E-state index contributed by atoms with van der Waals surface area (Å²) in [6.45, 7) is 4.27. The lowest BCUT2D eigenvalue weighted by Crippen LogP contribution is -2.15. The van der Waals surface area contributed by atoms with E-state index in [4.69, 9.17) is 4.74 Å². The Labute approximate surface area is 163 Å². The van der Waals surface area contributed by atoms with Crippen molar-refractivity contribution in [3.05, 3.63) is 70.8 Å². The molecule has 0 N–H and O–H groups in total. The predicted octanol–water partition coefficient (Wildman–Crippen LogP) is 6.71. The minimum Gasteiger partial charge on any atom is -0.375 e. The fourth-order valence-corrected chi connectivity index (χ4v) is 4.20. The number of hydrogen-bond acceptors (Lipinski definition) is 1. The molecule has 0 aromatic heterocycles. The zero-order chi connectivity index (χ0) is 19.8. The summed E-state index contributed by atoms with van der Waals surface area (Å²) in [6.07, 6.45) is 0.254. The number of fused-ring (bicyclic) bond motifs is 3. The van der Waals surface area contributed by atoms with Crippen LogP contribution in [0.15, 0.2) is 42.5 Å². The van der Waals surface area contributed by atoms with Crippen molar-refractivity contribution in [2.75, 3.05) is 6.61 Å². The quantitative estimate of drug-likeness (QED) is 0.475. The molecule has 0 spiro atoms. The van der Waals surface area contributed by atoms with Crippen molar-refractivity contribution in [3.63, 3.8) is 0 Å². The monoisotopic (exact) mass is 384 g/mol. The topological polar surface area (TPSA) is 9.23 Å². The van der Waals surface area contributed by atoms with Crippen molar-refractivity contribution in [1.29, 1.82) is 0 Å². The van der Waals surface area contributed by atoms with E-state index in [0.717, 1.165) is 18.4 Å². The van der Waals surface area contributed by atoms with E-state index in [1.54, 1.807) is 25.1 Å². The fourth-order valence-electron chi connectivity index (χ4n) is 4.20. The molecule has 1 aliphatic rings. The average molecular weight is 384 g/mol. The first kappa shape index (κ1) is 19.0. The second-order valence-corrected chi connectivity index (χ2v) is 7.34. The molecule has 1 nitrogen and oxygen atoms in total. The Balaban J connectivity index is 1.83. The van der Waals surface area contributed by atoms with Crippen LogP contribution in [0.1, 0.15) is 43.1 Å². The van der Waals surface area contributed by atoms with Gasteiger partial charge in [-0.2, -0.15) is 0 Å². The Morgan fingerprint density at radius 2 is 1.75 bits per heavy atom. The van der Waals surface area contributed by atoms with Gasteiger partial charge in [0.15, 0.2) is 17.8 Å². The van der Waals surface area contributed by atoms with Crippen molar-refractivity contribution in [1.82, 2.24) is 0 Å². The van der Waals surface area contributed by atoms with Gasteiger partial charge in [0.1, 0.15) is 0 Å². The molecular weight excluding hydrogens is 361 g/mol. The van der Waals surface area contributed by atoms with Crippen LogP contribution in [0.3, 0.4) is 0 Å². The van der Waals surface area contributed by atoms with Crippen LogP contribution in [0.25, 0.3) is 21.9 Å². The van der Waals surface area contributed by atoms with E-state index < -0.39 is 23.9 Å². The summed E-state index contributed by atoms with van der Waals surface area (Å²) in [5.41, 5.74) is 2.89. The lowest BCUT2D eigenvalue weighted by Gasteiger charge is -2.15. The second-order valence-electron chi connectivity index (χ2n) is 7.34. The van der Waals surface area contributed by atoms with Crippen molar-refractivity contribution in [3.8, 4) is 11.1 Å². The predicted molar refractivity (Wildman–Crippen MR) is 106 cm³/mol. The van der Waals surface area contributed by atoms with Gasteiger partial charge < -0.3 is 4.74 Å². The normalized spacial score (nSPS) is 18.6. The molecule has 2 atom stereocenters. The maximum Gasteiger partial charge on any atom is 0.167 e. The smallest absolute Gasteiger partial charge is 0.167 e. The van der Waals surface area contributed by atoms with Gasteiger partial charge in [-0.05, 0) is 41.5 Å². The Kier molecular flexibility index (Phi) is 5.15. The maximum atomic E-state index is 15.1. The van der Waals surface area contributed by atoms with Crippen LogP contribution in [0.5, 0.6) is 0 Å². The van der Waals surface area contributed by atoms with E-state index >= 15 is 4.39 Å². The molecule has 146 valence electrons. The van der Waals surface area contributed by atoms with E-state index in [1.807, 2.05) is 24.3 Å². The van der Waals surface area contributed by atoms with Gasteiger partial charge in [0.25, 0.3) is 0 Å². The molecule has 0 saturated heterocycles. The van der Waals surface area contributed by atoms with Gasteiger partial charge in [0.2, 0.25) is 0 Å². The SMILES string of the molecule is CCCc1ccc(-c2cc3ccc4c(c3c(F)c2F)C(F)C(OCC)C4)cc1. The number of ether oxygens (including phenoxy) is 1. The van der Waals surface area contributed by atoms with Crippen molar-refractivity contribution >= 4 is 10.8 Å². The molecule has 0 heterocycles. The second kappa shape index (κ2) is 7.59. The Morgan fingerprint density at radius 3 is 2.43 bits per heavy atom. The van der Waals surface area contributed by atoms with E-state index in [0.29, 0.717) is 29.5 Å². The van der Waals surface area contributed by atoms with Crippen molar-refractivity contribution in [2.24, 2.45) is 0 Å². The molecule has 28 heavy (non-hydrogen) atoms. The number of aryl methyl sites for hydroxylation is 1. The first-order chi connectivity index (χ1) is 13.5. The van der Waals surface area contributed by atoms with E-state index in [1.165, 1.54) is 0 Å². The zero-order valence-corrected chi connectivity index (χ0v) is 16.1. The van der Waals surface area contributed by atoms with Gasteiger partial charge in [-0.1, -0.05) is 49.7 Å². The van der Waals surface area contributed by atoms with Gasteiger partial charge in [-0.3, -0.25) is 0 Å². The molecule has 0 radical (unpaired) electrons. The molecular formula is C24H23F3O. The molecule has 3 aromatic carbocycles. The van der Waals surface area contributed by atoms with Crippen molar-refractivity contribution in [2.45, 2.75) is 45.4 Å². The molecule has 0 saturated carbocycles. The van der Waals surface area contributed by atoms with E-state index in [-0.39, 0.29) is 16.5 Å². The Morgan fingerprint density at radius 1 is 1.00 bits per heavy atom. The average Bonchev–Trinajstić information content (AvgIpc) is 3.01. The lowest BCUT2D eigenvalue weighted by molar-refractivity contribution is 0.0148. The van der Waals surface area contributed by atoms with Gasteiger partial charge in [0, 0.05) is 29.5 Å². The summed E-state index contributed by atoms with van der Waals surface area (Å²) in [5, 5.41) is 0.543. The van der Waals surface area contributed by atoms with Crippen molar-refractivity contribution < 1.29 is 17.9 Å². The minimum atomic E-state index is -1.45. The number of benzene rings is 3. The highest BCUT2D eigenvalue weighted by Crippen LogP contribution is 2.43.